The van der Waals surface area contributed by atoms with Crippen molar-refractivity contribution in [1.29, 1.82) is 0 Å². The van der Waals surface area contributed by atoms with Gasteiger partial charge >= 0.3 is 0 Å². The normalized spacial score (nSPS) is 16.9. The molecule has 0 atom stereocenters. The van der Waals surface area contributed by atoms with Crippen molar-refractivity contribution in [3.63, 3.8) is 0 Å². The van der Waals surface area contributed by atoms with Gasteiger partial charge in [-0.25, -0.2) is 13.1 Å². The van der Waals surface area contributed by atoms with Crippen LogP contribution in [0.1, 0.15) is 36.5 Å². The third kappa shape index (κ3) is 4.54. The Morgan fingerprint density at radius 3 is 2.43 bits per heavy atom. The van der Waals surface area contributed by atoms with Crippen LogP contribution in [0.4, 0.5) is 0 Å². The number of likely N-dealkylation sites (tertiary alicyclic amines) is 1. The average Bonchev–Trinajstić information content (AvgIpc) is 2.48. The summed E-state index contributed by atoms with van der Waals surface area (Å²) in [6.45, 7) is 3.03. The van der Waals surface area contributed by atoms with Gasteiger partial charge in [0, 0.05) is 24.7 Å². The molecule has 0 aliphatic carbocycles. The monoisotopic (exact) mass is 310 g/mol. The van der Waals surface area contributed by atoms with E-state index in [-0.39, 0.29) is 17.7 Å². The standard InChI is InChI=1S/C15H22N2O3S/c1-2-12-21(19,20)16-14-8-10-17(11-9-14)15(18)13-6-4-3-5-7-13/h3-7,14,16H,2,8-12H2,1H3. The van der Waals surface area contributed by atoms with Crippen molar-refractivity contribution in [3.05, 3.63) is 35.9 Å². The van der Waals surface area contributed by atoms with Crippen molar-refractivity contribution in [2.75, 3.05) is 18.8 Å². The van der Waals surface area contributed by atoms with E-state index >= 15 is 0 Å². The van der Waals surface area contributed by atoms with Crippen LogP contribution >= 0.6 is 0 Å². The van der Waals surface area contributed by atoms with Crippen molar-refractivity contribution < 1.29 is 13.2 Å². The van der Waals surface area contributed by atoms with E-state index in [4.69, 9.17) is 0 Å². The molecule has 0 radical (unpaired) electrons. The molecule has 21 heavy (non-hydrogen) atoms. The van der Waals surface area contributed by atoms with Gasteiger partial charge in [-0.2, -0.15) is 0 Å². The molecule has 0 bridgehead atoms. The molecule has 0 unspecified atom stereocenters. The summed E-state index contributed by atoms with van der Waals surface area (Å²) in [6.07, 6.45) is 1.95. The lowest BCUT2D eigenvalue weighted by Crippen LogP contribution is -2.46. The van der Waals surface area contributed by atoms with Gasteiger partial charge in [-0.3, -0.25) is 4.79 Å². The fourth-order valence-corrected chi connectivity index (χ4v) is 3.94. The maximum Gasteiger partial charge on any atom is 0.253 e. The minimum atomic E-state index is -3.17. The third-order valence-corrected chi connectivity index (χ3v) is 5.26. The Morgan fingerprint density at radius 2 is 1.86 bits per heavy atom. The summed E-state index contributed by atoms with van der Waals surface area (Å²) in [6, 6.07) is 9.13. The number of amides is 1. The third-order valence-electron chi connectivity index (χ3n) is 3.62. The van der Waals surface area contributed by atoms with Gasteiger partial charge in [-0.15, -0.1) is 0 Å². The highest BCUT2D eigenvalue weighted by molar-refractivity contribution is 7.89. The number of nitrogens with one attached hydrogen (secondary N) is 1. The highest BCUT2D eigenvalue weighted by atomic mass is 32.2. The van der Waals surface area contributed by atoms with Gasteiger partial charge in [-0.05, 0) is 31.4 Å². The largest absolute Gasteiger partial charge is 0.339 e. The summed E-state index contributed by atoms with van der Waals surface area (Å²) in [4.78, 5) is 14.1. The Morgan fingerprint density at radius 1 is 1.24 bits per heavy atom. The van der Waals surface area contributed by atoms with Crippen LogP contribution in [-0.4, -0.2) is 44.1 Å². The van der Waals surface area contributed by atoms with E-state index in [9.17, 15) is 13.2 Å². The first-order valence-corrected chi connectivity index (χ1v) is 9.01. The molecule has 0 aromatic heterocycles. The molecule has 1 fully saturated rings. The lowest BCUT2D eigenvalue weighted by atomic mass is 10.0. The maximum atomic E-state index is 12.3. The van der Waals surface area contributed by atoms with E-state index in [2.05, 4.69) is 4.72 Å². The number of rotatable bonds is 5. The summed E-state index contributed by atoms with van der Waals surface area (Å²) in [5.74, 6) is 0.182. The molecule has 1 amide bonds. The van der Waals surface area contributed by atoms with E-state index in [0.29, 0.717) is 37.9 Å². The van der Waals surface area contributed by atoms with Crippen LogP contribution in [0, 0.1) is 0 Å². The van der Waals surface area contributed by atoms with Gasteiger partial charge in [0.25, 0.3) is 5.91 Å². The zero-order chi connectivity index (χ0) is 15.3. The zero-order valence-electron chi connectivity index (χ0n) is 12.3. The molecule has 1 aliphatic rings. The van der Waals surface area contributed by atoms with Crippen molar-refractivity contribution in [1.82, 2.24) is 9.62 Å². The summed E-state index contributed by atoms with van der Waals surface area (Å²) in [7, 11) is -3.17. The zero-order valence-corrected chi connectivity index (χ0v) is 13.1. The topological polar surface area (TPSA) is 66.5 Å². The Bertz CT molecular complexity index is 564. The number of sulfonamides is 1. The Hall–Kier alpha value is -1.40. The Kier molecular flexibility index (Phi) is 5.36. The number of nitrogens with zero attached hydrogens (tertiary/aromatic N) is 1. The number of carbonyl (C=O) groups excluding carboxylic acids is 1. The van der Waals surface area contributed by atoms with E-state index in [0.717, 1.165) is 0 Å². The van der Waals surface area contributed by atoms with Crippen LogP contribution in [0.3, 0.4) is 0 Å². The predicted octanol–water partition coefficient (Wildman–Crippen LogP) is 1.62. The van der Waals surface area contributed by atoms with Gasteiger partial charge in [0.2, 0.25) is 10.0 Å². The van der Waals surface area contributed by atoms with Crippen LogP contribution in [0.5, 0.6) is 0 Å². The molecular weight excluding hydrogens is 288 g/mol. The van der Waals surface area contributed by atoms with E-state index in [1.54, 1.807) is 17.0 Å². The number of benzene rings is 1. The van der Waals surface area contributed by atoms with Gasteiger partial charge < -0.3 is 4.90 Å². The summed E-state index contributed by atoms with van der Waals surface area (Å²) < 4.78 is 26.2. The molecule has 1 aliphatic heterocycles. The highest BCUT2D eigenvalue weighted by Gasteiger charge is 2.25. The average molecular weight is 310 g/mol. The Labute approximate surface area is 126 Å². The van der Waals surface area contributed by atoms with Gasteiger partial charge in [-0.1, -0.05) is 25.1 Å². The summed E-state index contributed by atoms with van der Waals surface area (Å²) in [5, 5.41) is 0. The SMILES string of the molecule is CCCS(=O)(=O)NC1CCN(C(=O)c2ccccc2)CC1. The second kappa shape index (κ2) is 7.04. The van der Waals surface area contributed by atoms with E-state index in [1.165, 1.54) is 0 Å². The van der Waals surface area contributed by atoms with Crippen molar-refractivity contribution in [2.45, 2.75) is 32.2 Å². The van der Waals surface area contributed by atoms with Crippen molar-refractivity contribution in [3.8, 4) is 0 Å². The molecule has 1 N–H and O–H groups in total. The first-order chi connectivity index (χ1) is 10.0. The lowest BCUT2D eigenvalue weighted by Gasteiger charge is -2.32. The van der Waals surface area contributed by atoms with Gasteiger partial charge in [0.1, 0.15) is 0 Å². The Balaban J connectivity index is 1.88. The van der Waals surface area contributed by atoms with Crippen LogP contribution in [-0.2, 0) is 10.0 Å². The molecule has 2 rings (SSSR count). The van der Waals surface area contributed by atoms with Crippen LogP contribution in [0.2, 0.25) is 0 Å². The summed E-state index contributed by atoms with van der Waals surface area (Å²) in [5.41, 5.74) is 0.683. The number of hydrogen-bond donors (Lipinski definition) is 1. The molecular formula is C15H22N2O3S. The first kappa shape index (κ1) is 16.0. The van der Waals surface area contributed by atoms with E-state index in [1.807, 2.05) is 25.1 Å². The molecule has 1 aromatic rings. The lowest BCUT2D eigenvalue weighted by molar-refractivity contribution is 0.0711. The molecule has 1 heterocycles. The van der Waals surface area contributed by atoms with Crippen LogP contribution < -0.4 is 4.72 Å². The number of piperidine rings is 1. The van der Waals surface area contributed by atoms with Crippen LogP contribution in [0.25, 0.3) is 0 Å². The molecule has 5 nitrogen and oxygen atoms in total. The second-order valence-electron chi connectivity index (χ2n) is 5.37. The molecule has 0 spiro atoms. The molecule has 1 aromatic carbocycles. The van der Waals surface area contributed by atoms with Crippen molar-refractivity contribution >= 4 is 15.9 Å². The van der Waals surface area contributed by atoms with Crippen molar-refractivity contribution in [2.24, 2.45) is 0 Å². The minimum Gasteiger partial charge on any atom is -0.339 e. The first-order valence-electron chi connectivity index (χ1n) is 7.36. The minimum absolute atomic E-state index is 0.0189. The van der Waals surface area contributed by atoms with Gasteiger partial charge in [0.15, 0.2) is 0 Å². The maximum absolute atomic E-state index is 12.3. The fraction of sp³-hybridized carbons (Fsp3) is 0.533. The van der Waals surface area contributed by atoms with Gasteiger partial charge in [0.05, 0.1) is 5.75 Å². The molecule has 0 saturated carbocycles. The quantitative estimate of drug-likeness (QED) is 0.898. The van der Waals surface area contributed by atoms with Crippen LogP contribution in [0.15, 0.2) is 30.3 Å². The number of hydrogen-bond acceptors (Lipinski definition) is 3. The summed E-state index contributed by atoms with van der Waals surface area (Å²) >= 11 is 0. The van der Waals surface area contributed by atoms with E-state index < -0.39 is 10.0 Å². The highest BCUT2D eigenvalue weighted by Crippen LogP contribution is 2.14. The smallest absolute Gasteiger partial charge is 0.253 e. The second-order valence-corrected chi connectivity index (χ2v) is 7.24. The molecule has 6 heteroatoms. The molecule has 1 saturated heterocycles. The number of carbonyl (C=O) groups is 1. The molecule has 116 valence electrons. The fourth-order valence-electron chi connectivity index (χ4n) is 2.55. The predicted molar refractivity (Wildman–Crippen MR) is 82.6 cm³/mol.